The Morgan fingerprint density at radius 2 is 1.95 bits per heavy atom. The highest BCUT2D eigenvalue weighted by atomic mass is 35.5. The third kappa shape index (κ3) is 7.24. The minimum absolute atomic E-state index is 0.184. The van der Waals surface area contributed by atoms with E-state index in [4.69, 9.17) is 11.6 Å². The minimum Gasteiger partial charge on any atom is -0.350 e. The van der Waals surface area contributed by atoms with E-state index in [0.717, 1.165) is 11.8 Å². The van der Waals surface area contributed by atoms with Crippen LogP contribution >= 0.6 is 11.6 Å². The molecule has 0 radical (unpaired) electrons. The topological polar surface area (TPSA) is 66.5 Å². The third-order valence-electron chi connectivity index (χ3n) is 2.84. The van der Waals surface area contributed by atoms with Crippen molar-refractivity contribution in [1.29, 1.82) is 0 Å². The first-order valence-electron chi connectivity index (χ1n) is 6.98. The molecule has 1 N–H and O–H groups in total. The Balaban J connectivity index is 2.72. The third-order valence-corrected chi connectivity index (χ3v) is 4.33. The molecule has 22 heavy (non-hydrogen) atoms. The number of sulfonamides is 1. The molecule has 0 atom stereocenters. The van der Waals surface area contributed by atoms with Crippen molar-refractivity contribution in [1.82, 2.24) is 9.62 Å². The van der Waals surface area contributed by atoms with Crippen LogP contribution in [0.3, 0.4) is 0 Å². The highest BCUT2D eigenvalue weighted by molar-refractivity contribution is 7.88. The van der Waals surface area contributed by atoms with Crippen molar-refractivity contribution in [3.05, 3.63) is 34.9 Å². The molecular formula is C15H23ClN2O3S. The van der Waals surface area contributed by atoms with Gasteiger partial charge in [0, 0.05) is 17.1 Å². The van der Waals surface area contributed by atoms with Gasteiger partial charge in [0.25, 0.3) is 0 Å². The predicted octanol–water partition coefficient (Wildman–Crippen LogP) is 2.06. The molecule has 0 bridgehead atoms. The molecular weight excluding hydrogens is 324 g/mol. The Morgan fingerprint density at radius 3 is 2.45 bits per heavy atom. The van der Waals surface area contributed by atoms with Crippen molar-refractivity contribution < 1.29 is 13.2 Å². The monoisotopic (exact) mass is 346 g/mol. The Morgan fingerprint density at radius 1 is 1.32 bits per heavy atom. The molecule has 1 rings (SSSR count). The Labute approximate surface area is 137 Å². The molecule has 0 aliphatic rings. The maximum atomic E-state index is 11.9. The normalized spacial score (nSPS) is 12.5. The standard InChI is InChI=1S/C15H23ClN2O3S/c1-15(2,3)17-14(19)11-18(22(4,20)21)9-8-12-6-5-7-13(16)10-12/h5-7,10H,8-9,11H2,1-4H3,(H,17,19). The van der Waals surface area contributed by atoms with Crippen molar-refractivity contribution >= 4 is 27.5 Å². The molecule has 7 heteroatoms. The maximum Gasteiger partial charge on any atom is 0.235 e. The first-order chi connectivity index (χ1) is 9.97. The van der Waals surface area contributed by atoms with Crippen LogP contribution in [0.1, 0.15) is 26.3 Å². The van der Waals surface area contributed by atoms with Crippen LogP contribution in [0, 0.1) is 0 Å². The number of hydrogen-bond donors (Lipinski definition) is 1. The summed E-state index contributed by atoms with van der Waals surface area (Å²) in [6, 6.07) is 7.24. The van der Waals surface area contributed by atoms with Gasteiger partial charge in [0.15, 0.2) is 0 Å². The van der Waals surface area contributed by atoms with E-state index < -0.39 is 15.6 Å². The molecule has 0 aromatic heterocycles. The molecule has 0 aliphatic carbocycles. The predicted molar refractivity (Wildman–Crippen MR) is 89.5 cm³/mol. The smallest absolute Gasteiger partial charge is 0.235 e. The molecule has 0 saturated heterocycles. The molecule has 5 nitrogen and oxygen atoms in total. The fourth-order valence-electron chi connectivity index (χ4n) is 1.93. The van der Waals surface area contributed by atoms with E-state index in [0.29, 0.717) is 11.4 Å². The summed E-state index contributed by atoms with van der Waals surface area (Å²) in [5, 5.41) is 3.37. The zero-order chi connectivity index (χ0) is 17.0. The van der Waals surface area contributed by atoms with E-state index >= 15 is 0 Å². The van der Waals surface area contributed by atoms with Gasteiger partial charge in [-0.3, -0.25) is 4.79 Å². The van der Waals surface area contributed by atoms with Crippen LogP contribution in [-0.2, 0) is 21.2 Å². The first-order valence-corrected chi connectivity index (χ1v) is 9.20. The number of nitrogens with one attached hydrogen (secondary N) is 1. The summed E-state index contributed by atoms with van der Waals surface area (Å²) in [5.74, 6) is -0.316. The van der Waals surface area contributed by atoms with Gasteiger partial charge in [-0.15, -0.1) is 0 Å². The zero-order valence-electron chi connectivity index (χ0n) is 13.4. The number of hydrogen-bond acceptors (Lipinski definition) is 3. The van der Waals surface area contributed by atoms with Crippen LogP contribution in [0.5, 0.6) is 0 Å². The van der Waals surface area contributed by atoms with E-state index in [9.17, 15) is 13.2 Å². The SMILES string of the molecule is CC(C)(C)NC(=O)CN(CCc1cccc(Cl)c1)S(C)(=O)=O. The average Bonchev–Trinajstić information content (AvgIpc) is 2.30. The van der Waals surface area contributed by atoms with Crippen LogP contribution in [-0.4, -0.2) is 43.5 Å². The lowest BCUT2D eigenvalue weighted by atomic mass is 10.1. The van der Waals surface area contributed by atoms with Gasteiger partial charge in [-0.25, -0.2) is 8.42 Å². The van der Waals surface area contributed by atoms with E-state index in [-0.39, 0.29) is 19.0 Å². The van der Waals surface area contributed by atoms with Gasteiger partial charge in [-0.1, -0.05) is 23.7 Å². The summed E-state index contributed by atoms with van der Waals surface area (Å²) >= 11 is 5.91. The van der Waals surface area contributed by atoms with Gasteiger partial charge in [0.1, 0.15) is 0 Å². The number of amides is 1. The lowest BCUT2D eigenvalue weighted by Gasteiger charge is -2.24. The average molecular weight is 347 g/mol. The molecule has 124 valence electrons. The van der Waals surface area contributed by atoms with Gasteiger partial charge >= 0.3 is 0 Å². The van der Waals surface area contributed by atoms with E-state index in [1.54, 1.807) is 12.1 Å². The van der Waals surface area contributed by atoms with Crippen molar-refractivity contribution in [3.8, 4) is 0 Å². The van der Waals surface area contributed by atoms with Gasteiger partial charge in [-0.2, -0.15) is 4.31 Å². The summed E-state index contributed by atoms with van der Waals surface area (Å²) in [7, 11) is -3.46. The van der Waals surface area contributed by atoms with Crippen LogP contribution in [0.15, 0.2) is 24.3 Å². The molecule has 0 aliphatic heterocycles. The number of carbonyl (C=O) groups excluding carboxylic acids is 1. The number of rotatable bonds is 6. The Hall–Kier alpha value is -1.11. The molecule has 1 aromatic carbocycles. The Bertz CT molecular complexity index is 624. The van der Waals surface area contributed by atoms with Crippen LogP contribution < -0.4 is 5.32 Å². The summed E-state index contributed by atoms with van der Waals surface area (Å²) in [5.41, 5.74) is 0.533. The Kier molecular flexibility index (Phi) is 6.40. The molecule has 0 heterocycles. The lowest BCUT2D eigenvalue weighted by molar-refractivity contribution is -0.122. The van der Waals surface area contributed by atoms with Crippen LogP contribution in [0.4, 0.5) is 0 Å². The number of halogens is 1. The van der Waals surface area contributed by atoms with Crippen molar-refractivity contribution in [3.63, 3.8) is 0 Å². The van der Waals surface area contributed by atoms with Gasteiger partial charge in [-0.05, 0) is 44.9 Å². The molecule has 0 unspecified atom stereocenters. The number of carbonyl (C=O) groups is 1. The maximum absolute atomic E-state index is 11.9. The first kappa shape index (κ1) is 18.9. The van der Waals surface area contributed by atoms with E-state index in [2.05, 4.69) is 5.32 Å². The summed E-state index contributed by atoms with van der Waals surface area (Å²) < 4.78 is 24.9. The molecule has 0 saturated carbocycles. The van der Waals surface area contributed by atoms with Crippen molar-refractivity contribution in [2.24, 2.45) is 0 Å². The van der Waals surface area contributed by atoms with Gasteiger partial charge in [0.2, 0.25) is 15.9 Å². The largest absolute Gasteiger partial charge is 0.350 e. The number of nitrogens with zero attached hydrogens (tertiary/aromatic N) is 1. The molecule has 0 spiro atoms. The molecule has 1 aromatic rings. The second kappa shape index (κ2) is 7.44. The van der Waals surface area contributed by atoms with E-state index in [1.807, 2.05) is 32.9 Å². The summed E-state index contributed by atoms with van der Waals surface area (Å²) in [4.78, 5) is 11.9. The highest BCUT2D eigenvalue weighted by Crippen LogP contribution is 2.12. The van der Waals surface area contributed by atoms with Crippen molar-refractivity contribution in [2.75, 3.05) is 19.3 Å². The number of benzene rings is 1. The highest BCUT2D eigenvalue weighted by Gasteiger charge is 2.22. The van der Waals surface area contributed by atoms with E-state index in [1.165, 1.54) is 4.31 Å². The zero-order valence-corrected chi connectivity index (χ0v) is 15.0. The van der Waals surface area contributed by atoms with Crippen molar-refractivity contribution in [2.45, 2.75) is 32.7 Å². The summed E-state index contributed by atoms with van der Waals surface area (Å²) in [6.45, 7) is 5.60. The van der Waals surface area contributed by atoms with Crippen LogP contribution in [0.25, 0.3) is 0 Å². The van der Waals surface area contributed by atoms with Gasteiger partial charge in [0.05, 0.1) is 12.8 Å². The fraction of sp³-hybridized carbons (Fsp3) is 0.533. The summed E-state index contributed by atoms with van der Waals surface area (Å²) in [6.07, 6.45) is 1.60. The minimum atomic E-state index is -3.46. The van der Waals surface area contributed by atoms with Crippen LogP contribution in [0.2, 0.25) is 5.02 Å². The molecule has 1 amide bonds. The fourth-order valence-corrected chi connectivity index (χ4v) is 2.91. The quantitative estimate of drug-likeness (QED) is 0.857. The lowest BCUT2D eigenvalue weighted by Crippen LogP contribution is -2.47. The second-order valence-electron chi connectivity index (χ2n) is 6.27. The van der Waals surface area contributed by atoms with Gasteiger partial charge < -0.3 is 5.32 Å². The second-order valence-corrected chi connectivity index (χ2v) is 8.69. The molecule has 0 fully saturated rings.